The number of para-hydroxylation sites is 1. The molecular weight excluding hydrogens is 352 g/mol. The maximum absolute atomic E-state index is 12.3. The van der Waals surface area contributed by atoms with Gasteiger partial charge in [0, 0.05) is 13.2 Å². The molecule has 7 heteroatoms. The van der Waals surface area contributed by atoms with E-state index in [9.17, 15) is 13.2 Å². The maximum atomic E-state index is 12.3. The molecule has 1 aliphatic carbocycles. The van der Waals surface area contributed by atoms with Gasteiger partial charge < -0.3 is 10.1 Å². The zero-order valence-electron chi connectivity index (χ0n) is 16.0. The molecule has 0 spiro atoms. The Balaban J connectivity index is 1.87. The molecular formula is C19H30N2O4S. The lowest BCUT2D eigenvalue weighted by Gasteiger charge is -2.25. The van der Waals surface area contributed by atoms with Crippen molar-refractivity contribution in [3.63, 3.8) is 0 Å². The van der Waals surface area contributed by atoms with Crippen molar-refractivity contribution in [3.05, 3.63) is 29.3 Å². The smallest absolute Gasteiger partial charge is 0.240 e. The minimum absolute atomic E-state index is 0.214. The Hall–Kier alpha value is -1.60. The molecule has 0 aliphatic heterocycles. The van der Waals surface area contributed by atoms with Gasteiger partial charge in [-0.1, -0.05) is 31.0 Å². The third-order valence-electron chi connectivity index (χ3n) is 4.68. The third kappa shape index (κ3) is 5.99. The molecule has 0 heterocycles. The van der Waals surface area contributed by atoms with Gasteiger partial charge in [-0.05, 0) is 44.2 Å². The first-order valence-corrected chi connectivity index (χ1v) is 11.1. The van der Waals surface area contributed by atoms with Gasteiger partial charge in [0.1, 0.15) is 6.54 Å². The van der Waals surface area contributed by atoms with E-state index in [1.807, 2.05) is 32.0 Å². The number of sulfonamides is 1. The predicted molar refractivity (Wildman–Crippen MR) is 104 cm³/mol. The van der Waals surface area contributed by atoms with E-state index >= 15 is 0 Å². The molecule has 26 heavy (non-hydrogen) atoms. The van der Waals surface area contributed by atoms with Gasteiger partial charge in [0.05, 0.1) is 18.0 Å². The lowest BCUT2D eigenvalue weighted by molar-refractivity contribution is -0.119. The van der Waals surface area contributed by atoms with E-state index in [0.717, 1.165) is 36.6 Å². The number of anilines is 1. The second kappa shape index (κ2) is 9.37. The van der Waals surface area contributed by atoms with Crippen LogP contribution in [0.15, 0.2) is 18.2 Å². The average Bonchev–Trinajstić information content (AvgIpc) is 3.06. The van der Waals surface area contributed by atoms with Gasteiger partial charge in [0.25, 0.3) is 0 Å². The number of hydrogen-bond acceptors (Lipinski definition) is 4. The van der Waals surface area contributed by atoms with Crippen molar-refractivity contribution in [2.75, 3.05) is 30.3 Å². The van der Waals surface area contributed by atoms with Crippen molar-refractivity contribution in [1.29, 1.82) is 0 Å². The van der Waals surface area contributed by atoms with Crippen molar-refractivity contribution in [2.24, 2.45) is 0 Å². The standard InChI is InChI=1S/C19H30N2O4S/c1-15-8-6-9-16(2)19(15)21(26(3,23)24)14-18(22)20-12-7-13-25-17-10-4-5-11-17/h6,8-9,17H,4-5,7,10-14H2,1-3H3,(H,20,22). The number of nitrogens with one attached hydrogen (secondary N) is 1. The molecule has 1 aliphatic rings. The normalized spacial score (nSPS) is 15.2. The fourth-order valence-electron chi connectivity index (χ4n) is 3.35. The second-order valence-corrected chi connectivity index (χ2v) is 8.90. The van der Waals surface area contributed by atoms with Crippen LogP contribution in [0.4, 0.5) is 5.69 Å². The molecule has 1 saturated carbocycles. The van der Waals surface area contributed by atoms with Crippen LogP contribution in [0.2, 0.25) is 0 Å². The number of aryl methyl sites for hydroxylation is 2. The highest BCUT2D eigenvalue weighted by atomic mass is 32.2. The zero-order chi connectivity index (χ0) is 19.2. The Morgan fingerprint density at radius 1 is 1.23 bits per heavy atom. The highest BCUT2D eigenvalue weighted by Gasteiger charge is 2.23. The van der Waals surface area contributed by atoms with Gasteiger partial charge in [-0.3, -0.25) is 9.10 Å². The summed E-state index contributed by atoms with van der Waals surface area (Å²) >= 11 is 0. The van der Waals surface area contributed by atoms with Crippen molar-refractivity contribution >= 4 is 21.6 Å². The fraction of sp³-hybridized carbons (Fsp3) is 0.632. The maximum Gasteiger partial charge on any atom is 0.240 e. The Morgan fingerprint density at radius 2 is 1.85 bits per heavy atom. The van der Waals surface area contributed by atoms with E-state index in [1.165, 1.54) is 17.1 Å². The molecule has 0 saturated heterocycles. The van der Waals surface area contributed by atoms with E-state index in [4.69, 9.17) is 4.74 Å². The molecule has 0 unspecified atom stereocenters. The van der Waals surface area contributed by atoms with Crippen LogP contribution >= 0.6 is 0 Å². The number of hydrogen-bond donors (Lipinski definition) is 1. The first-order chi connectivity index (χ1) is 12.3. The molecule has 0 radical (unpaired) electrons. The summed E-state index contributed by atoms with van der Waals surface area (Å²) in [6.07, 6.45) is 6.96. The molecule has 0 atom stereocenters. The molecule has 1 aromatic rings. The van der Waals surface area contributed by atoms with Gasteiger partial charge in [-0.2, -0.15) is 0 Å². The second-order valence-electron chi connectivity index (χ2n) is 6.99. The van der Waals surface area contributed by atoms with Crippen LogP contribution in [0.5, 0.6) is 0 Å². The molecule has 1 aromatic carbocycles. The first-order valence-electron chi connectivity index (χ1n) is 9.21. The largest absolute Gasteiger partial charge is 0.378 e. The van der Waals surface area contributed by atoms with Gasteiger partial charge >= 0.3 is 0 Å². The minimum atomic E-state index is -3.56. The number of benzene rings is 1. The van der Waals surface area contributed by atoms with Crippen molar-refractivity contribution in [2.45, 2.75) is 52.1 Å². The van der Waals surface area contributed by atoms with Gasteiger partial charge in [-0.25, -0.2) is 8.42 Å². The van der Waals surface area contributed by atoms with Crippen LogP contribution in [0.3, 0.4) is 0 Å². The first kappa shape index (κ1) is 20.7. The Morgan fingerprint density at radius 3 is 2.42 bits per heavy atom. The van der Waals surface area contributed by atoms with Crippen LogP contribution in [-0.2, 0) is 19.6 Å². The fourth-order valence-corrected chi connectivity index (χ4v) is 4.32. The number of nitrogens with zero attached hydrogens (tertiary/aromatic N) is 1. The number of carbonyl (C=O) groups is 1. The minimum Gasteiger partial charge on any atom is -0.378 e. The van der Waals surface area contributed by atoms with Crippen molar-refractivity contribution < 1.29 is 17.9 Å². The molecule has 1 fully saturated rings. The molecule has 0 bridgehead atoms. The summed E-state index contributed by atoms with van der Waals surface area (Å²) in [5.74, 6) is -0.307. The van der Waals surface area contributed by atoms with Crippen molar-refractivity contribution in [1.82, 2.24) is 5.32 Å². The summed E-state index contributed by atoms with van der Waals surface area (Å²) in [4.78, 5) is 12.3. The Kier molecular flexibility index (Phi) is 7.46. The summed E-state index contributed by atoms with van der Waals surface area (Å²) < 4.78 is 31.4. The molecule has 1 N–H and O–H groups in total. The summed E-state index contributed by atoms with van der Waals surface area (Å²) in [5.41, 5.74) is 2.23. The van der Waals surface area contributed by atoms with Crippen LogP contribution in [0.25, 0.3) is 0 Å². The zero-order valence-corrected chi connectivity index (χ0v) is 16.8. The molecule has 0 aromatic heterocycles. The lowest BCUT2D eigenvalue weighted by atomic mass is 10.1. The monoisotopic (exact) mass is 382 g/mol. The molecule has 146 valence electrons. The van der Waals surface area contributed by atoms with Gasteiger partial charge in [0.2, 0.25) is 15.9 Å². The van der Waals surface area contributed by atoms with E-state index < -0.39 is 10.0 Å². The lowest BCUT2D eigenvalue weighted by Crippen LogP contribution is -2.41. The van der Waals surface area contributed by atoms with Crippen LogP contribution < -0.4 is 9.62 Å². The average molecular weight is 383 g/mol. The Bertz CT molecular complexity index is 692. The predicted octanol–water partition coefficient (Wildman–Crippen LogP) is 2.53. The molecule has 1 amide bonds. The SMILES string of the molecule is Cc1cccc(C)c1N(CC(=O)NCCCOC1CCCC1)S(C)(=O)=O. The van der Waals surface area contributed by atoms with Crippen LogP contribution in [0, 0.1) is 13.8 Å². The van der Waals surface area contributed by atoms with Gasteiger partial charge in [-0.15, -0.1) is 0 Å². The van der Waals surface area contributed by atoms with E-state index in [2.05, 4.69) is 5.32 Å². The highest BCUT2D eigenvalue weighted by Crippen LogP contribution is 2.26. The number of carbonyl (C=O) groups excluding carboxylic acids is 1. The summed E-state index contributed by atoms with van der Waals surface area (Å²) in [6, 6.07) is 5.57. The summed E-state index contributed by atoms with van der Waals surface area (Å²) in [6.45, 7) is 4.58. The topological polar surface area (TPSA) is 75.7 Å². The quantitative estimate of drug-likeness (QED) is 0.666. The summed E-state index contributed by atoms with van der Waals surface area (Å²) in [5, 5.41) is 2.79. The van der Waals surface area contributed by atoms with E-state index in [0.29, 0.717) is 24.9 Å². The van der Waals surface area contributed by atoms with Crippen LogP contribution in [-0.4, -0.2) is 46.4 Å². The van der Waals surface area contributed by atoms with Crippen molar-refractivity contribution in [3.8, 4) is 0 Å². The van der Waals surface area contributed by atoms with Gasteiger partial charge in [0.15, 0.2) is 0 Å². The third-order valence-corrected chi connectivity index (χ3v) is 5.79. The Labute approximate surface area is 157 Å². The molecule has 2 rings (SSSR count). The number of ether oxygens (including phenoxy) is 1. The van der Waals surface area contributed by atoms with Crippen LogP contribution in [0.1, 0.15) is 43.2 Å². The number of amides is 1. The van der Waals surface area contributed by atoms with E-state index in [-0.39, 0.29) is 12.5 Å². The molecule has 6 nitrogen and oxygen atoms in total. The highest BCUT2D eigenvalue weighted by molar-refractivity contribution is 7.92. The summed E-state index contributed by atoms with van der Waals surface area (Å²) in [7, 11) is -3.56. The number of rotatable bonds is 9. The van der Waals surface area contributed by atoms with E-state index in [1.54, 1.807) is 0 Å².